The molecule has 0 fully saturated rings. The number of carbonyl (C=O) groups is 2. The van der Waals surface area contributed by atoms with Crippen LogP contribution in [0.25, 0.3) is 0 Å². The molecule has 4 nitrogen and oxygen atoms in total. The van der Waals surface area contributed by atoms with Gasteiger partial charge in [0.2, 0.25) is 0 Å². The second-order valence-corrected chi connectivity index (χ2v) is 6.76. The highest BCUT2D eigenvalue weighted by molar-refractivity contribution is 6.31. The Labute approximate surface area is 175 Å². The molecule has 3 aromatic rings. The number of benzene rings is 3. The zero-order valence-electron chi connectivity index (χ0n) is 15.5. The van der Waals surface area contributed by atoms with Crippen molar-refractivity contribution in [3.63, 3.8) is 0 Å². The van der Waals surface area contributed by atoms with E-state index in [1.165, 1.54) is 36.4 Å². The molecule has 30 heavy (non-hydrogen) atoms. The van der Waals surface area contributed by atoms with E-state index in [0.717, 1.165) is 17.7 Å². The van der Waals surface area contributed by atoms with Gasteiger partial charge in [0.15, 0.2) is 0 Å². The summed E-state index contributed by atoms with van der Waals surface area (Å²) in [5.74, 6) is -1.33. The van der Waals surface area contributed by atoms with Crippen LogP contribution in [0.2, 0.25) is 5.02 Å². The maximum Gasteiger partial charge on any atom is 0.417 e. The Morgan fingerprint density at radius 1 is 0.867 bits per heavy atom. The molecule has 0 saturated carbocycles. The summed E-state index contributed by atoms with van der Waals surface area (Å²) in [5, 5.41) is 5.64. The average Bonchev–Trinajstić information content (AvgIpc) is 2.72. The van der Waals surface area contributed by atoms with Crippen molar-refractivity contribution in [3.8, 4) is 0 Å². The smallest absolute Gasteiger partial charge is 0.348 e. The first kappa shape index (κ1) is 21.4. The van der Waals surface area contributed by atoms with Crippen LogP contribution in [0.15, 0.2) is 72.8 Å². The largest absolute Gasteiger partial charge is 0.417 e. The molecule has 2 amide bonds. The van der Waals surface area contributed by atoms with Crippen LogP contribution in [0.4, 0.5) is 18.9 Å². The first-order chi connectivity index (χ1) is 14.3. The maximum absolute atomic E-state index is 13.1. The quantitative estimate of drug-likeness (QED) is 0.556. The number of rotatable bonds is 5. The highest BCUT2D eigenvalue weighted by atomic mass is 35.5. The number of nitrogens with one attached hydrogen (secondary N) is 2. The number of anilines is 1. The van der Waals surface area contributed by atoms with Crippen molar-refractivity contribution in [1.29, 1.82) is 0 Å². The Hall–Kier alpha value is -3.32. The molecule has 0 aliphatic rings. The van der Waals surface area contributed by atoms with E-state index in [2.05, 4.69) is 10.6 Å². The Morgan fingerprint density at radius 2 is 1.57 bits per heavy atom. The van der Waals surface area contributed by atoms with Gasteiger partial charge in [0.05, 0.1) is 11.1 Å². The Kier molecular flexibility index (Phi) is 6.42. The van der Waals surface area contributed by atoms with Crippen LogP contribution in [-0.4, -0.2) is 11.8 Å². The number of carbonyl (C=O) groups excluding carboxylic acids is 2. The molecule has 0 unspecified atom stereocenters. The monoisotopic (exact) mass is 432 g/mol. The molecule has 8 heteroatoms. The number of hydrogen-bond acceptors (Lipinski definition) is 2. The Balaban J connectivity index is 1.72. The van der Waals surface area contributed by atoms with E-state index in [-0.39, 0.29) is 17.8 Å². The van der Waals surface area contributed by atoms with Gasteiger partial charge in [0.1, 0.15) is 0 Å². The lowest BCUT2D eigenvalue weighted by atomic mass is 10.1. The fourth-order valence-corrected chi connectivity index (χ4v) is 2.99. The highest BCUT2D eigenvalue weighted by Gasteiger charge is 2.34. The topological polar surface area (TPSA) is 58.2 Å². The number of hydrogen-bond donors (Lipinski definition) is 2. The molecule has 0 radical (unpaired) electrons. The van der Waals surface area contributed by atoms with Crippen LogP contribution in [0.1, 0.15) is 31.8 Å². The van der Waals surface area contributed by atoms with E-state index in [0.29, 0.717) is 5.02 Å². The van der Waals surface area contributed by atoms with Crippen LogP contribution in [0.5, 0.6) is 0 Å². The SMILES string of the molecule is O=C(NCc1ccccc1Cl)c1cccc(NC(=O)c2ccccc2C(F)(F)F)c1. The summed E-state index contributed by atoms with van der Waals surface area (Å²) in [6.45, 7) is 0.202. The predicted octanol–water partition coefficient (Wildman–Crippen LogP) is 5.54. The summed E-state index contributed by atoms with van der Waals surface area (Å²) in [7, 11) is 0. The molecule has 0 aliphatic carbocycles. The molecular weight excluding hydrogens is 417 g/mol. The fourth-order valence-electron chi connectivity index (χ4n) is 2.78. The number of alkyl halides is 3. The molecule has 3 aromatic carbocycles. The lowest BCUT2D eigenvalue weighted by Crippen LogP contribution is -2.23. The van der Waals surface area contributed by atoms with Crippen LogP contribution < -0.4 is 10.6 Å². The maximum atomic E-state index is 13.1. The van der Waals surface area contributed by atoms with Gasteiger partial charge < -0.3 is 10.6 Å². The molecule has 3 rings (SSSR count). The van der Waals surface area contributed by atoms with Crippen LogP contribution >= 0.6 is 11.6 Å². The molecule has 0 aliphatic heterocycles. The molecule has 0 spiro atoms. The first-order valence-electron chi connectivity index (χ1n) is 8.85. The van der Waals surface area contributed by atoms with Crippen LogP contribution in [0.3, 0.4) is 0 Å². The van der Waals surface area contributed by atoms with Crippen LogP contribution in [-0.2, 0) is 12.7 Å². The van der Waals surface area contributed by atoms with Crippen molar-refractivity contribution in [2.24, 2.45) is 0 Å². The summed E-state index contributed by atoms with van der Waals surface area (Å²) < 4.78 is 39.4. The zero-order chi connectivity index (χ0) is 21.7. The third-order valence-corrected chi connectivity index (χ3v) is 4.63. The van der Waals surface area contributed by atoms with E-state index < -0.39 is 29.1 Å². The fraction of sp³-hybridized carbons (Fsp3) is 0.0909. The summed E-state index contributed by atoms with van der Waals surface area (Å²) in [5.41, 5.74) is -0.359. The molecule has 0 saturated heterocycles. The minimum atomic E-state index is -4.66. The first-order valence-corrected chi connectivity index (χ1v) is 9.23. The van der Waals surface area contributed by atoms with Gasteiger partial charge in [-0.05, 0) is 42.0 Å². The average molecular weight is 433 g/mol. The number of amides is 2. The van der Waals surface area contributed by atoms with Gasteiger partial charge in [-0.3, -0.25) is 9.59 Å². The normalized spacial score (nSPS) is 11.1. The van der Waals surface area contributed by atoms with E-state index in [9.17, 15) is 22.8 Å². The summed E-state index contributed by atoms with van der Waals surface area (Å²) in [4.78, 5) is 24.8. The minimum absolute atomic E-state index is 0.197. The predicted molar refractivity (Wildman–Crippen MR) is 108 cm³/mol. The van der Waals surface area contributed by atoms with Crippen molar-refractivity contribution in [1.82, 2.24) is 5.32 Å². The van der Waals surface area contributed by atoms with E-state index >= 15 is 0 Å². The second-order valence-electron chi connectivity index (χ2n) is 6.35. The van der Waals surface area contributed by atoms with Crippen molar-refractivity contribution < 1.29 is 22.8 Å². The molecule has 0 bridgehead atoms. The van der Waals surface area contributed by atoms with Gasteiger partial charge in [-0.2, -0.15) is 13.2 Å². The zero-order valence-corrected chi connectivity index (χ0v) is 16.2. The molecular formula is C22H16ClF3N2O2. The van der Waals surface area contributed by atoms with Crippen molar-refractivity contribution in [2.75, 3.05) is 5.32 Å². The molecule has 154 valence electrons. The molecule has 2 N–H and O–H groups in total. The number of halogens is 4. The van der Waals surface area contributed by atoms with E-state index in [1.54, 1.807) is 24.3 Å². The summed E-state index contributed by atoms with van der Waals surface area (Å²) >= 11 is 6.06. The van der Waals surface area contributed by atoms with Gasteiger partial charge in [0, 0.05) is 22.8 Å². The van der Waals surface area contributed by atoms with Gasteiger partial charge in [-0.15, -0.1) is 0 Å². The van der Waals surface area contributed by atoms with Crippen LogP contribution in [0, 0.1) is 0 Å². The second kappa shape index (κ2) is 9.00. The van der Waals surface area contributed by atoms with Gasteiger partial charge in [-0.1, -0.05) is 48.0 Å². The van der Waals surface area contributed by atoms with Crippen molar-refractivity contribution in [2.45, 2.75) is 12.7 Å². The third-order valence-electron chi connectivity index (χ3n) is 4.26. The standard InChI is InChI=1S/C22H16ClF3N2O2/c23-19-11-4-1-6-15(19)13-27-20(29)14-7-5-8-16(12-14)28-21(30)17-9-2-3-10-18(17)22(24,25)26/h1-12H,13H2,(H,27,29)(H,28,30). The lowest BCUT2D eigenvalue weighted by Gasteiger charge is -2.13. The lowest BCUT2D eigenvalue weighted by molar-refractivity contribution is -0.137. The third kappa shape index (κ3) is 5.18. The highest BCUT2D eigenvalue weighted by Crippen LogP contribution is 2.32. The minimum Gasteiger partial charge on any atom is -0.348 e. The van der Waals surface area contributed by atoms with Gasteiger partial charge in [-0.25, -0.2) is 0 Å². The Morgan fingerprint density at radius 3 is 2.30 bits per heavy atom. The van der Waals surface area contributed by atoms with Gasteiger partial charge >= 0.3 is 6.18 Å². The van der Waals surface area contributed by atoms with Crippen molar-refractivity contribution in [3.05, 3.63) is 100 Å². The molecule has 0 heterocycles. The molecule has 0 aromatic heterocycles. The van der Waals surface area contributed by atoms with Gasteiger partial charge in [0.25, 0.3) is 11.8 Å². The van der Waals surface area contributed by atoms with E-state index in [4.69, 9.17) is 11.6 Å². The Bertz CT molecular complexity index is 1080. The van der Waals surface area contributed by atoms with Crippen molar-refractivity contribution >= 4 is 29.1 Å². The summed E-state index contributed by atoms with van der Waals surface area (Å²) in [6.07, 6.45) is -4.66. The summed E-state index contributed by atoms with van der Waals surface area (Å²) in [6, 6.07) is 17.5. The van der Waals surface area contributed by atoms with E-state index in [1.807, 2.05) is 0 Å². The molecule has 0 atom stereocenters.